The highest BCUT2D eigenvalue weighted by Gasteiger charge is 2.29. The Balaban J connectivity index is 2.52. The van der Waals surface area contributed by atoms with Gasteiger partial charge < -0.3 is 14.7 Å². The summed E-state index contributed by atoms with van der Waals surface area (Å²) in [4.78, 5) is 13.3. The Bertz CT molecular complexity index is 224. The minimum Gasteiger partial charge on any atom is -0.444 e. The number of carbonyl (C=O) groups is 1. The summed E-state index contributed by atoms with van der Waals surface area (Å²) in [6.07, 6.45) is 0.0219. The number of aliphatic hydroxyl groups is 1. The van der Waals surface area contributed by atoms with E-state index in [0.29, 0.717) is 19.0 Å². The van der Waals surface area contributed by atoms with Gasteiger partial charge >= 0.3 is 6.09 Å². The van der Waals surface area contributed by atoms with Crippen LogP contribution in [0.5, 0.6) is 0 Å². The molecule has 1 fully saturated rings. The van der Waals surface area contributed by atoms with E-state index in [-0.39, 0.29) is 6.09 Å². The Labute approximate surface area is 91.2 Å². The van der Waals surface area contributed by atoms with Crippen LogP contribution >= 0.6 is 0 Å². The summed E-state index contributed by atoms with van der Waals surface area (Å²) in [5, 5.41) is 9.55. The molecule has 0 aromatic rings. The molecule has 1 amide bonds. The minimum atomic E-state index is -0.470. The highest BCUT2D eigenvalue weighted by molar-refractivity contribution is 5.68. The quantitative estimate of drug-likeness (QED) is 0.668. The lowest BCUT2D eigenvalue weighted by atomic mass is 9.98. The molecule has 0 aromatic heterocycles. The van der Waals surface area contributed by atoms with Crippen LogP contribution in [0.15, 0.2) is 0 Å². The fraction of sp³-hybridized carbons (Fsp3) is 0.909. The first kappa shape index (κ1) is 12.3. The largest absolute Gasteiger partial charge is 0.444 e. The zero-order chi connectivity index (χ0) is 11.6. The van der Waals surface area contributed by atoms with Crippen molar-refractivity contribution in [3.63, 3.8) is 0 Å². The first-order valence-corrected chi connectivity index (χ1v) is 5.44. The number of hydrogen-bond donors (Lipinski definition) is 1. The van der Waals surface area contributed by atoms with Crippen LogP contribution in [0.3, 0.4) is 0 Å². The van der Waals surface area contributed by atoms with Crippen LogP contribution in [0.2, 0.25) is 0 Å². The molecule has 1 saturated heterocycles. The van der Waals surface area contributed by atoms with E-state index in [1.54, 1.807) is 4.90 Å². The van der Waals surface area contributed by atoms with E-state index in [4.69, 9.17) is 4.74 Å². The Kier molecular flexibility index (Phi) is 3.60. The van der Waals surface area contributed by atoms with Crippen LogP contribution in [-0.2, 0) is 4.74 Å². The number of carbonyl (C=O) groups excluding carboxylic acids is 1. The summed E-state index contributed by atoms with van der Waals surface area (Å²) < 4.78 is 5.25. The zero-order valence-electron chi connectivity index (χ0n) is 9.99. The van der Waals surface area contributed by atoms with Gasteiger partial charge in [-0.1, -0.05) is 6.92 Å². The predicted octanol–water partition coefficient (Wildman–Crippen LogP) is 1.62. The van der Waals surface area contributed by atoms with Gasteiger partial charge in [0.2, 0.25) is 0 Å². The molecule has 0 spiro atoms. The summed E-state index contributed by atoms with van der Waals surface area (Å²) in [6.45, 7) is 8.61. The van der Waals surface area contributed by atoms with E-state index < -0.39 is 11.7 Å². The van der Waals surface area contributed by atoms with Crippen LogP contribution < -0.4 is 0 Å². The van der Waals surface area contributed by atoms with Crippen LogP contribution in [0.1, 0.15) is 34.1 Å². The third-order valence-corrected chi connectivity index (χ3v) is 2.29. The molecule has 1 heterocycles. The lowest BCUT2D eigenvalue weighted by molar-refractivity contribution is -0.00539. The van der Waals surface area contributed by atoms with E-state index in [1.165, 1.54) is 0 Å². The van der Waals surface area contributed by atoms with Crippen molar-refractivity contribution < 1.29 is 14.6 Å². The van der Waals surface area contributed by atoms with Gasteiger partial charge in [-0.3, -0.25) is 0 Å². The fourth-order valence-corrected chi connectivity index (χ4v) is 1.79. The second-order valence-electron chi connectivity index (χ2n) is 5.38. The smallest absolute Gasteiger partial charge is 0.410 e. The average Bonchev–Trinajstić information content (AvgIpc) is 1.98. The van der Waals surface area contributed by atoms with E-state index in [2.05, 4.69) is 0 Å². The van der Waals surface area contributed by atoms with Gasteiger partial charge in [-0.2, -0.15) is 0 Å². The second-order valence-corrected chi connectivity index (χ2v) is 5.38. The van der Waals surface area contributed by atoms with Crippen LogP contribution in [0.4, 0.5) is 4.79 Å². The molecule has 2 atom stereocenters. The maximum Gasteiger partial charge on any atom is 0.410 e. The summed E-state index contributed by atoms with van der Waals surface area (Å²) in [6, 6.07) is 0. The van der Waals surface area contributed by atoms with Gasteiger partial charge in [-0.25, -0.2) is 4.79 Å². The van der Waals surface area contributed by atoms with Gasteiger partial charge in [-0.15, -0.1) is 0 Å². The minimum absolute atomic E-state index is 0.326. The van der Waals surface area contributed by atoms with Gasteiger partial charge in [0.15, 0.2) is 0 Å². The third kappa shape index (κ3) is 4.08. The van der Waals surface area contributed by atoms with E-state index in [9.17, 15) is 9.90 Å². The van der Waals surface area contributed by atoms with Crippen molar-refractivity contribution in [2.24, 2.45) is 5.92 Å². The Hall–Kier alpha value is -0.770. The first-order valence-electron chi connectivity index (χ1n) is 5.44. The van der Waals surface area contributed by atoms with Gasteiger partial charge in [0.1, 0.15) is 5.60 Å². The standard InChI is InChI=1S/C11H21NO3/c1-8-5-9(13)7-12(6-8)10(14)15-11(2,3)4/h8-9,13H,5-7H2,1-4H3/t8-,9+/m0/s1. The molecule has 0 aliphatic carbocycles. The van der Waals surface area contributed by atoms with Crippen molar-refractivity contribution in [1.82, 2.24) is 4.90 Å². The van der Waals surface area contributed by atoms with Crippen molar-refractivity contribution in [2.75, 3.05) is 13.1 Å². The lowest BCUT2D eigenvalue weighted by Gasteiger charge is -2.35. The summed E-state index contributed by atoms with van der Waals surface area (Å²) in [5.74, 6) is 0.335. The normalized spacial score (nSPS) is 27.7. The second kappa shape index (κ2) is 4.39. The van der Waals surface area contributed by atoms with Gasteiger partial charge in [0.05, 0.1) is 6.10 Å². The van der Waals surface area contributed by atoms with Gasteiger partial charge in [0, 0.05) is 13.1 Å². The number of ether oxygens (including phenoxy) is 1. The van der Waals surface area contributed by atoms with Crippen LogP contribution in [-0.4, -0.2) is 40.9 Å². The predicted molar refractivity (Wildman–Crippen MR) is 57.6 cm³/mol. The van der Waals surface area contributed by atoms with E-state index in [0.717, 1.165) is 6.42 Å². The van der Waals surface area contributed by atoms with Gasteiger partial charge in [-0.05, 0) is 33.1 Å². The molecule has 88 valence electrons. The van der Waals surface area contributed by atoms with Crippen molar-refractivity contribution in [3.8, 4) is 0 Å². The highest BCUT2D eigenvalue weighted by atomic mass is 16.6. The number of β-amino-alcohol motifs (C(OH)–C–C–N with tert-alkyl or cyclic N) is 1. The molecule has 4 nitrogen and oxygen atoms in total. The molecule has 0 aromatic carbocycles. The van der Waals surface area contributed by atoms with E-state index >= 15 is 0 Å². The maximum atomic E-state index is 11.7. The Morgan fingerprint density at radius 2 is 2.00 bits per heavy atom. The van der Waals surface area contributed by atoms with Crippen LogP contribution in [0, 0.1) is 5.92 Å². The van der Waals surface area contributed by atoms with Crippen molar-refractivity contribution in [3.05, 3.63) is 0 Å². The molecule has 0 bridgehead atoms. The molecule has 4 heteroatoms. The number of aliphatic hydroxyl groups excluding tert-OH is 1. The molecule has 0 radical (unpaired) electrons. The molecular formula is C11H21NO3. The maximum absolute atomic E-state index is 11.7. The SMILES string of the molecule is C[C@H]1C[C@@H](O)CN(C(=O)OC(C)(C)C)C1. The molecule has 15 heavy (non-hydrogen) atoms. The number of amides is 1. The fourth-order valence-electron chi connectivity index (χ4n) is 1.79. The molecule has 1 N–H and O–H groups in total. The van der Waals surface area contributed by atoms with Crippen LogP contribution in [0.25, 0.3) is 0 Å². The Morgan fingerprint density at radius 3 is 2.47 bits per heavy atom. The lowest BCUT2D eigenvalue weighted by Crippen LogP contribution is -2.47. The number of hydrogen-bond acceptors (Lipinski definition) is 3. The van der Waals surface area contributed by atoms with Crippen molar-refractivity contribution >= 4 is 6.09 Å². The topological polar surface area (TPSA) is 49.8 Å². The molecule has 1 aliphatic heterocycles. The molecule has 1 rings (SSSR count). The number of nitrogens with zero attached hydrogens (tertiary/aromatic N) is 1. The van der Waals surface area contributed by atoms with E-state index in [1.807, 2.05) is 27.7 Å². The Morgan fingerprint density at radius 1 is 1.40 bits per heavy atom. The number of likely N-dealkylation sites (tertiary alicyclic amines) is 1. The van der Waals surface area contributed by atoms with Gasteiger partial charge in [0.25, 0.3) is 0 Å². The number of rotatable bonds is 0. The highest BCUT2D eigenvalue weighted by Crippen LogP contribution is 2.18. The number of piperidine rings is 1. The molecule has 0 saturated carbocycles. The van der Waals surface area contributed by atoms with Crippen molar-refractivity contribution in [2.45, 2.75) is 45.8 Å². The average molecular weight is 215 g/mol. The first-order chi connectivity index (χ1) is 6.78. The summed E-state index contributed by atoms with van der Waals surface area (Å²) >= 11 is 0. The third-order valence-electron chi connectivity index (χ3n) is 2.29. The van der Waals surface area contributed by atoms with Crippen molar-refractivity contribution in [1.29, 1.82) is 0 Å². The summed E-state index contributed by atoms with van der Waals surface area (Å²) in [5.41, 5.74) is -0.470. The zero-order valence-corrected chi connectivity index (χ0v) is 9.99. The monoisotopic (exact) mass is 215 g/mol. The molecule has 1 aliphatic rings. The molecular weight excluding hydrogens is 194 g/mol. The summed E-state index contributed by atoms with van der Waals surface area (Å²) in [7, 11) is 0. The molecule has 0 unspecified atom stereocenters.